The van der Waals surface area contributed by atoms with Gasteiger partial charge in [0, 0.05) is 17.2 Å². The van der Waals surface area contributed by atoms with Crippen molar-refractivity contribution in [2.24, 2.45) is 0 Å². The second kappa shape index (κ2) is 14.4. The lowest BCUT2D eigenvalue weighted by atomic mass is 10.4. The zero-order chi connectivity index (χ0) is 16.7. The van der Waals surface area contributed by atoms with E-state index in [1.807, 2.05) is 6.92 Å². The normalized spacial score (nSPS) is 8.95. The summed E-state index contributed by atoms with van der Waals surface area (Å²) < 4.78 is 0. The molecule has 112 valence electrons. The largest absolute Gasteiger partial charge is 0.478 e. The molecule has 0 amide bonds. The highest BCUT2D eigenvalue weighted by Crippen LogP contribution is 1.81. The number of carboxylic acids is 3. The molecule has 0 spiro atoms. The fourth-order valence-electron chi connectivity index (χ4n) is 0.249. The zero-order valence-electron chi connectivity index (χ0n) is 11.8. The summed E-state index contributed by atoms with van der Waals surface area (Å²) in [4.78, 5) is 29.0. The first-order chi connectivity index (χ1) is 9.06. The van der Waals surface area contributed by atoms with E-state index in [2.05, 4.69) is 13.2 Å². The third-order valence-electron chi connectivity index (χ3n) is 1.27. The summed E-state index contributed by atoms with van der Waals surface area (Å²) in [6, 6.07) is 0. The van der Waals surface area contributed by atoms with Gasteiger partial charge in [0.05, 0.1) is 0 Å². The Morgan fingerprint density at radius 2 is 1.15 bits per heavy atom. The Morgan fingerprint density at radius 3 is 1.30 bits per heavy atom. The van der Waals surface area contributed by atoms with E-state index in [4.69, 9.17) is 15.3 Å². The third kappa shape index (κ3) is 29.5. The quantitative estimate of drug-likeness (QED) is 0.540. The van der Waals surface area contributed by atoms with Gasteiger partial charge < -0.3 is 15.3 Å². The average molecular weight is 284 g/mol. The molecule has 0 aliphatic heterocycles. The molecule has 6 heteroatoms. The summed E-state index contributed by atoms with van der Waals surface area (Å²) in [6.07, 6.45) is 5.98. The summed E-state index contributed by atoms with van der Waals surface area (Å²) in [6.45, 7) is 11.0. The lowest BCUT2D eigenvalue weighted by Crippen LogP contribution is -1.92. The number of carboxylic acid groups (broad SMARTS) is 3. The van der Waals surface area contributed by atoms with E-state index >= 15 is 0 Å². The first-order valence-corrected chi connectivity index (χ1v) is 5.36. The summed E-state index contributed by atoms with van der Waals surface area (Å²) >= 11 is 0. The highest BCUT2D eigenvalue weighted by molar-refractivity contribution is 5.85. The van der Waals surface area contributed by atoms with Crippen molar-refractivity contribution >= 4 is 17.9 Å². The van der Waals surface area contributed by atoms with Crippen LogP contribution in [0.1, 0.15) is 20.8 Å². The monoisotopic (exact) mass is 284 g/mol. The molecule has 0 aromatic heterocycles. The second-order valence-corrected chi connectivity index (χ2v) is 3.39. The number of hydrogen-bond donors (Lipinski definition) is 3. The molecule has 0 rings (SSSR count). The van der Waals surface area contributed by atoms with Crippen LogP contribution in [0.3, 0.4) is 0 Å². The van der Waals surface area contributed by atoms with Crippen molar-refractivity contribution in [3.8, 4) is 0 Å². The van der Waals surface area contributed by atoms with Crippen LogP contribution in [0.2, 0.25) is 0 Å². The van der Waals surface area contributed by atoms with E-state index in [0.717, 1.165) is 6.08 Å². The molecule has 0 aromatic carbocycles. The standard InChI is InChI=1S/C6H8O2.2C4H6O2/c1-2-3-4-5-6(7)8;2*1-3(2)4(5)6/h2-5H,1H3,(H,7,8);2*1H2,2H3,(H,5,6)/b3-2+,5-4+;;. The van der Waals surface area contributed by atoms with Crippen molar-refractivity contribution in [2.75, 3.05) is 0 Å². The van der Waals surface area contributed by atoms with Gasteiger partial charge in [-0.15, -0.1) is 0 Å². The maximum Gasteiger partial charge on any atom is 0.330 e. The zero-order valence-corrected chi connectivity index (χ0v) is 11.8. The maximum absolute atomic E-state index is 9.75. The molecule has 0 unspecified atom stereocenters. The maximum atomic E-state index is 9.75. The average Bonchev–Trinajstić information content (AvgIpc) is 2.30. The molecule has 0 saturated carbocycles. The summed E-state index contributed by atoms with van der Waals surface area (Å²) in [5, 5.41) is 23.8. The van der Waals surface area contributed by atoms with Crippen LogP contribution < -0.4 is 0 Å². The van der Waals surface area contributed by atoms with Crippen molar-refractivity contribution in [1.82, 2.24) is 0 Å². The minimum Gasteiger partial charge on any atom is -0.478 e. The van der Waals surface area contributed by atoms with Gasteiger partial charge >= 0.3 is 17.9 Å². The topological polar surface area (TPSA) is 112 Å². The lowest BCUT2D eigenvalue weighted by molar-refractivity contribution is -0.133. The minimum atomic E-state index is -0.935. The van der Waals surface area contributed by atoms with Gasteiger partial charge in [-0.25, -0.2) is 14.4 Å². The van der Waals surface area contributed by atoms with E-state index in [9.17, 15) is 14.4 Å². The summed E-state index contributed by atoms with van der Waals surface area (Å²) in [7, 11) is 0. The third-order valence-corrected chi connectivity index (χ3v) is 1.27. The number of hydrogen-bond acceptors (Lipinski definition) is 3. The van der Waals surface area contributed by atoms with Gasteiger partial charge in [0.1, 0.15) is 0 Å². The molecule has 20 heavy (non-hydrogen) atoms. The Kier molecular flexibility index (Phi) is 16.3. The molecule has 0 aromatic rings. The molecule has 0 fully saturated rings. The highest BCUT2D eigenvalue weighted by Gasteiger charge is 1.90. The Hall–Kier alpha value is -2.63. The molecule has 0 saturated heterocycles. The fraction of sp³-hybridized carbons (Fsp3) is 0.214. The van der Waals surface area contributed by atoms with Gasteiger partial charge in [-0.3, -0.25) is 0 Å². The van der Waals surface area contributed by atoms with E-state index in [-0.39, 0.29) is 11.1 Å². The number of carbonyl (C=O) groups is 3. The SMILES string of the molecule is C/C=C/C=C/C(=O)O.C=C(C)C(=O)O.C=C(C)C(=O)O. The van der Waals surface area contributed by atoms with Crippen LogP contribution in [0.5, 0.6) is 0 Å². The van der Waals surface area contributed by atoms with Gasteiger partial charge in [-0.05, 0) is 20.8 Å². The molecular formula is C14H20O6. The molecular weight excluding hydrogens is 264 g/mol. The fourth-order valence-corrected chi connectivity index (χ4v) is 0.249. The minimum absolute atomic E-state index is 0.176. The van der Waals surface area contributed by atoms with Gasteiger partial charge in [-0.1, -0.05) is 31.4 Å². The number of allylic oxidation sites excluding steroid dienone is 3. The van der Waals surface area contributed by atoms with E-state index in [0.29, 0.717) is 0 Å². The van der Waals surface area contributed by atoms with Gasteiger partial charge in [0.2, 0.25) is 0 Å². The molecule has 0 heterocycles. The van der Waals surface area contributed by atoms with Crippen molar-refractivity contribution in [1.29, 1.82) is 0 Å². The Morgan fingerprint density at radius 1 is 0.850 bits per heavy atom. The van der Waals surface area contributed by atoms with Gasteiger partial charge in [0.15, 0.2) is 0 Å². The van der Waals surface area contributed by atoms with E-state index < -0.39 is 17.9 Å². The molecule has 3 N–H and O–H groups in total. The number of rotatable bonds is 4. The molecule has 0 radical (unpaired) electrons. The van der Waals surface area contributed by atoms with Crippen LogP contribution in [-0.2, 0) is 14.4 Å². The van der Waals surface area contributed by atoms with Crippen molar-refractivity contribution in [3.05, 3.63) is 48.6 Å². The van der Waals surface area contributed by atoms with E-state index in [1.54, 1.807) is 12.2 Å². The van der Waals surface area contributed by atoms with Crippen molar-refractivity contribution in [2.45, 2.75) is 20.8 Å². The van der Waals surface area contributed by atoms with Crippen LogP contribution in [0, 0.1) is 0 Å². The summed E-state index contributed by atoms with van der Waals surface area (Å²) in [5.41, 5.74) is 0.352. The molecule has 0 aliphatic carbocycles. The van der Waals surface area contributed by atoms with Crippen LogP contribution in [-0.4, -0.2) is 33.2 Å². The molecule has 0 atom stereocenters. The summed E-state index contributed by atoms with van der Waals surface area (Å²) in [5.74, 6) is -2.78. The van der Waals surface area contributed by atoms with Crippen LogP contribution in [0.4, 0.5) is 0 Å². The Labute approximate surface area is 118 Å². The van der Waals surface area contributed by atoms with E-state index in [1.165, 1.54) is 19.9 Å². The van der Waals surface area contributed by atoms with Crippen molar-refractivity contribution < 1.29 is 29.7 Å². The Balaban J connectivity index is -0.000000221. The smallest absolute Gasteiger partial charge is 0.330 e. The molecule has 0 bridgehead atoms. The number of aliphatic carboxylic acids is 3. The first kappa shape index (κ1) is 22.5. The van der Waals surface area contributed by atoms with Crippen molar-refractivity contribution in [3.63, 3.8) is 0 Å². The molecule has 6 nitrogen and oxygen atoms in total. The predicted octanol–water partition coefficient (Wildman–Crippen LogP) is 2.50. The highest BCUT2D eigenvalue weighted by atomic mass is 16.4. The molecule has 0 aliphatic rings. The first-order valence-electron chi connectivity index (χ1n) is 5.36. The second-order valence-electron chi connectivity index (χ2n) is 3.39. The van der Waals surface area contributed by atoms with Gasteiger partial charge in [-0.2, -0.15) is 0 Å². The van der Waals surface area contributed by atoms with Crippen LogP contribution >= 0.6 is 0 Å². The Bertz CT molecular complexity index is 367. The lowest BCUT2D eigenvalue weighted by Gasteiger charge is -1.79. The van der Waals surface area contributed by atoms with Crippen LogP contribution in [0.25, 0.3) is 0 Å². The van der Waals surface area contributed by atoms with Gasteiger partial charge in [0.25, 0.3) is 0 Å². The van der Waals surface area contributed by atoms with Crippen LogP contribution in [0.15, 0.2) is 48.6 Å². The predicted molar refractivity (Wildman–Crippen MR) is 76.5 cm³/mol.